The molecule has 0 aliphatic rings. The maximum atomic E-state index is 12.8. The summed E-state index contributed by atoms with van der Waals surface area (Å²) in [6.07, 6.45) is -3.44. The third-order valence-corrected chi connectivity index (χ3v) is 2.82. The van der Waals surface area contributed by atoms with Crippen LogP contribution < -0.4 is 10.7 Å². The minimum atomic E-state index is -4.53. The van der Waals surface area contributed by atoms with E-state index in [9.17, 15) is 23.3 Å². The number of nitro groups is 1. The highest BCUT2D eigenvalue weighted by Gasteiger charge is 2.33. The van der Waals surface area contributed by atoms with E-state index in [0.717, 1.165) is 18.3 Å². The Kier molecular flexibility index (Phi) is 5.14. The number of hydrogen-bond acceptors (Lipinski definition) is 5. The van der Waals surface area contributed by atoms with Gasteiger partial charge in [0.2, 0.25) is 0 Å². The quantitative estimate of drug-likeness (QED) is 0.376. The predicted octanol–water partition coefficient (Wildman–Crippen LogP) is 3.53. The minimum Gasteiger partial charge on any atom is -0.400 e. The smallest absolute Gasteiger partial charge is 0.400 e. The monoisotopic (exact) mass is 358 g/mol. The Morgan fingerprint density at radius 3 is 2.62 bits per heavy atom. The Hall–Kier alpha value is -2.95. The van der Waals surface area contributed by atoms with Crippen LogP contribution in [0.25, 0.3) is 0 Å². The number of thiocarbonyl (C=S) groups is 1. The first kappa shape index (κ1) is 17.4. The highest BCUT2D eigenvalue weighted by molar-refractivity contribution is 7.80. The molecule has 0 unspecified atom stereocenters. The summed E-state index contributed by atoms with van der Waals surface area (Å²) in [5.41, 5.74) is 1.18. The summed E-state index contributed by atoms with van der Waals surface area (Å²) in [4.78, 5) is 9.72. The van der Waals surface area contributed by atoms with E-state index in [-0.39, 0.29) is 16.6 Å². The predicted molar refractivity (Wildman–Crippen MR) is 83.8 cm³/mol. The van der Waals surface area contributed by atoms with Crippen molar-refractivity contribution in [2.24, 2.45) is 5.10 Å². The van der Waals surface area contributed by atoms with E-state index in [0.29, 0.717) is 0 Å². The van der Waals surface area contributed by atoms with Crippen LogP contribution in [0, 0.1) is 10.1 Å². The van der Waals surface area contributed by atoms with Crippen molar-refractivity contribution in [3.05, 3.63) is 57.8 Å². The van der Waals surface area contributed by atoms with E-state index in [1.165, 1.54) is 24.3 Å². The molecule has 1 aromatic heterocycles. The van der Waals surface area contributed by atoms with E-state index < -0.39 is 22.5 Å². The van der Waals surface area contributed by atoms with Gasteiger partial charge < -0.3 is 9.73 Å². The zero-order chi connectivity index (χ0) is 17.7. The van der Waals surface area contributed by atoms with Crippen LogP contribution in [0.3, 0.4) is 0 Å². The fourth-order valence-corrected chi connectivity index (χ4v) is 1.82. The molecule has 1 aromatic carbocycles. The summed E-state index contributed by atoms with van der Waals surface area (Å²) < 4.78 is 43.3. The number of hydrogen-bond donors (Lipinski definition) is 2. The van der Waals surface area contributed by atoms with Gasteiger partial charge in [-0.25, -0.2) is 0 Å². The van der Waals surface area contributed by atoms with E-state index in [4.69, 9.17) is 16.6 Å². The van der Waals surface area contributed by atoms with E-state index in [1.807, 2.05) is 0 Å². The first-order chi connectivity index (χ1) is 11.3. The summed E-state index contributed by atoms with van der Waals surface area (Å²) in [6.45, 7) is 0. The normalized spacial score (nSPS) is 11.5. The number of halogens is 3. The van der Waals surface area contributed by atoms with Gasteiger partial charge in [-0.3, -0.25) is 15.5 Å². The molecule has 2 aromatic rings. The molecule has 0 radical (unpaired) electrons. The van der Waals surface area contributed by atoms with E-state index in [2.05, 4.69) is 15.8 Å². The summed E-state index contributed by atoms with van der Waals surface area (Å²) in [5, 5.41) is 16.3. The zero-order valence-corrected chi connectivity index (χ0v) is 12.5. The van der Waals surface area contributed by atoms with Crippen molar-refractivity contribution in [3.8, 4) is 0 Å². The fraction of sp³-hybridized carbons (Fsp3) is 0.0769. The lowest BCUT2D eigenvalue weighted by atomic mass is 10.2. The summed E-state index contributed by atoms with van der Waals surface area (Å²) >= 11 is 4.84. The molecular weight excluding hydrogens is 349 g/mol. The second kappa shape index (κ2) is 7.08. The van der Waals surface area contributed by atoms with Crippen LogP contribution in [-0.2, 0) is 6.18 Å². The van der Waals surface area contributed by atoms with Crippen LogP contribution in [0.15, 0.2) is 45.9 Å². The summed E-state index contributed by atoms with van der Waals surface area (Å²) in [6, 6.07) is 7.25. The molecule has 0 aliphatic carbocycles. The standard InChI is InChI=1S/C13H9F3N4O3S/c14-13(15,16)9-3-1-2-4-10(9)18-12(24)19-17-7-8-5-6-11(23-8)20(21)22/h1-7H,(H2,18,19,24)/b17-7-. The third-order valence-electron chi connectivity index (χ3n) is 2.63. The lowest BCUT2D eigenvalue weighted by Gasteiger charge is -2.14. The van der Waals surface area contributed by atoms with Crippen LogP contribution in [0.2, 0.25) is 0 Å². The maximum absolute atomic E-state index is 12.8. The Bertz CT molecular complexity index is 789. The first-order valence-corrected chi connectivity index (χ1v) is 6.68. The average molecular weight is 358 g/mol. The Morgan fingerprint density at radius 1 is 1.29 bits per heavy atom. The lowest BCUT2D eigenvalue weighted by molar-refractivity contribution is -0.402. The van der Waals surface area contributed by atoms with Gasteiger partial charge in [0.15, 0.2) is 10.9 Å². The van der Waals surface area contributed by atoms with Crippen molar-refractivity contribution >= 4 is 35.1 Å². The maximum Gasteiger partial charge on any atom is 0.433 e. The number of alkyl halides is 3. The van der Waals surface area contributed by atoms with Crippen molar-refractivity contribution < 1.29 is 22.5 Å². The molecule has 0 spiro atoms. The molecule has 1 heterocycles. The molecule has 0 bridgehead atoms. The number of furan rings is 1. The number of benzene rings is 1. The molecule has 0 fully saturated rings. The topological polar surface area (TPSA) is 92.7 Å². The fourth-order valence-electron chi connectivity index (χ4n) is 1.65. The van der Waals surface area contributed by atoms with Crippen molar-refractivity contribution in [1.82, 2.24) is 5.43 Å². The molecule has 24 heavy (non-hydrogen) atoms. The number of nitrogens with one attached hydrogen (secondary N) is 2. The molecule has 11 heteroatoms. The first-order valence-electron chi connectivity index (χ1n) is 6.28. The second-order valence-corrected chi connectivity index (χ2v) is 4.71. The van der Waals surface area contributed by atoms with Crippen LogP contribution >= 0.6 is 12.2 Å². The van der Waals surface area contributed by atoms with Crippen molar-refractivity contribution in [2.45, 2.75) is 6.18 Å². The highest BCUT2D eigenvalue weighted by atomic mass is 32.1. The van der Waals surface area contributed by atoms with E-state index >= 15 is 0 Å². The molecule has 2 N–H and O–H groups in total. The second-order valence-electron chi connectivity index (χ2n) is 4.30. The van der Waals surface area contributed by atoms with Gasteiger partial charge in [0.05, 0.1) is 23.5 Å². The Morgan fingerprint density at radius 2 is 2.00 bits per heavy atom. The molecule has 0 aliphatic heterocycles. The molecule has 0 saturated carbocycles. The van der Waals surface area contributed by atoms with Gasteiger partial charge in [0, 0.05) is 0 Å². The Labute approximate surface area is 138 Å². The van der Waals surface area contributed by atoms with Gasteiger partial charge >= 0.3 is 12.1 Å². The Balaban J connectivity index is 1.99. The van der Waals surface area contributed by atoms with Gasteiger partial charge in [-0.15, -0.1) is 0 Å². The average Bonchev–Trinajstić information content (AvgIpc) is 2.96. The van der Waals surface area contributed by atoms with Crippen LogP contribution in [-0.4, -0.2) is 16.3 Å². The molecule has 126 valence electrons. The van der Waals surface area contributed by atoms with Gasteiger partial charge in [-0.2, -0.15) is 18.3 Å². The van der Waals surface area contributed by atoms with Crippen LogP contribution in [0.5, 0.6) is 0 Å². The van der Waals surface area contributed by atoms with Crippen LogP contribution in [0.4, 0.5) is 24.7 Å². The van der Waals surface area contributed by atoms with Crippen molar-refractivity contribution in [2.75, 3.05) is 5.32 Å². The van der Waals surface area contributed by atoms with Crippen molar-refractivity contribution in [3.63, 3.8) is 0 Å². The number of para-hydroxylation sites is 1. The molecule has 0 saturated heterocycles. The molecule has 2 rings (SSSR count). The molecule has 0 amide bonds. The molecular formula is C13H9F3N4O3S. The number of hydrazone groups is 1. The number of rotatable bonds is 4. The lowest BCUT2D eigenvalue weighted by Crippen LogP contribution is -2.25. The van der Waals surface area contributed by atoms with Crippen LogP contribution in [0.1, 0.15) is 11.3 Å². The summed E-state index contributed by atoms with van der Waals surface area (Å²) in [5.74, 6) is -0.385. The van der Waals surface area contributed by atoms with Gasteiger partial charge in [0.1, 0.15) is 4.92 Å². The van der Waals surface area contributed by atoms with Crippen molar-refractivity contribution in [1.29, 1.82) is 0 Å². The minimum absolute atomic E-state index is 0.0766. The summed E-state index contributed by atoms with van der Waals surface area (Å²) in [7, 11) is 0. The number of anilines is 1. The number of nitrogens with zero attached hydrogens (tertiary/aromatic N) is 2. The van der Waals surface area contributed by atoms with E-state index in [1.54, 1.807) is 0 Å². The molecule has 7 nitrogen and oxygen atoms in total. The van der Waals surface area contributed by atoms with Gasteiger partial charge in [-0.05, 0) is 30.4 Å². The largest absolute Gasteiger partial charge is 0.433 e. The van der Waals surface area contributed by atoms with Gasteiger partial charge in [-0.1, -0.05) is 12.1 Å². The molecule has 0 atom stereocenters. The third kappa shape index (κ3) is 4.52. The van der Waals surface area contributed by atoms with Gasteiger partial charge in [0.25, 0.3) is 0 Å². The zero-order valence-electron chi connectivity index (χ0n) is 11.7. The SMILES string of the molecule is O=[N+]([O-])c1ccc(/C=N\NC(=S)Nc2ccccc2C(F)(F)F)o1. The highest BCUT2D eigenvalue weighted by Crippen LogP contribution is 2.34.